The van der Waals surface area contributed by atoms with Crippen LogP contribution in [0.25, 0.3) is 0 Å². The number of fused-ring (bicyclic) bond motifs is 1. The van der Waals surface area contributed by atoms with E-state index in [0.29, 0.717) is 22.9 Å². The van der Waals surface area contributed by atoms with Gasteiger partial charge in [-0.2, -0.15) is 0 Å². The van der Waals surface area contributed by atoms with E-state index in [1.54, 1.807) is 43.3 Å². The highest BCUT2D eigenvalue weighted by atomic mass is 16.5. The highest BCUT2D eigenvalue weighted by Crippen LogP contribution is 2.33. The molecule has 2 aromatic rings. The van der Waals surface area contributed by atoms with Gasteiger partial charge in [0.15, 0.2) is 6.61 Å². The van der Waals surface area contributed by atoms with Crippen molar-refractivity contribution in [1.29, 1.82) is 0 Å². The first kappa shape index (κ1) is 15.9. The van der Waals surface area contributed by atoms with Gasteiger partial charge in [-0.1, -0.05) is 24.3 Å². The van der Waals surface area contributed by atoms with Gasteiger partial charge in [0.2, 0.25) is 5.91 Å². The number of rotatable bonds is 4. The van der Waals surface area contributed by atoms with Gasteiger partial charge < -0.3 is 14.8 Å². The fourth-order valence-corrected chi connectivity index (χ4v) is 2.65. The summed E-state index contributed by atoms with van der Waals surface area (Å²) in [5, 5.41) is 2.81. The topological polar surface area (TPSA) is 67.9 Å². The zero-order valence-corrected chi connectivity index (χ0v) is 13.5. The molecule has 1 heterocycles. The smallest absolute Gasteiger partial charge is 0.265 e. The third-order valence-corrected chi connectivity index (χ3v) is 3.88. The van der Waals surface area contributed by atoms with E-state index < -0.39 is 6.04 Å². The Bertz CT molecular complexity index is 775. The molecule has 24 heavy (non-hydrogen) atoms. The SMILES string of the molecule is COc1ccccc1NC(=O)C(C)N1C(=O)COc2ccccc21. The van der Waals surface area contributed by atoms with E-state index in [1.807, 2.05) is 12.1 Å². The number of methoxy groups -OCH3 is 1. The fourth-order valence-electron chi connectivity index (χ4n) is 2.65. The summed E-state index contributed by atoms with van der Waals surface area (Å²) < 4.78 is 10.6. The van der Waals surface area contributed by atoms with Crippen molar-refractivity contribution in [2.75, 3.05) is 23.9 Å². The van der Waals surface area contributed by atoms with Gasteiger partial charge in [0, 0.05) is 0 Å². The number of carbonyl (C=O) groups excluding carboxylic acids is 2. The molecule has 0 fully saturated rings. The van der Waals surface area contributed by atoms with Crippen molar-refractivity contribution < 1.29 is 19.1 Å². The van der Waals surface area contributed by atoms with Crippen LogP contribution < -0.4 is 19.7 Å². The summed E-state index contributed by atoms with van der Waals surface area (Å²) in [6.07, 6.45) is 0. The number of hydrogen-bond donors (Lipinski definition) is 1. The van der Waals surface area contributed by atoms with Gasteiger partial charge in [-0.25, -0.2) is 0 Å². The van der Waals surface area contributed by atoms with Crippen LogP contribution in [0.4, 0.5) is 11.4 Å². The van der Waals surface area contributed by atoms with Crippen molar-refractivity contribution >= 4 is 23.2 Å². The lowest BCUT2D eigenvalue weighted by Gasteiger charge is -2.33. The summed E-state index contributed by atoms with van der Waals surface area (Å²) in [6.45, 7) is 1.61. The summed E-state index contributed by atoms with van der Waals surface area (Å²) >= 11 is 0. The Hall–Kier alpha value is -3.02. The van der Waals surface area contributed by atoms with E-state index in [-0.39, 0.29) is 18.4 Å². The van der Waals surface area contributed by atoms with E-state index in [0.717, 1.165) is 0 Å². The van der Waals surface area contributed by atoms with E-state index in [2.05, 4.69) is 5.32 Å². The molecule has 124 valence electrons. The highest BCUT2D eigenvalue weighted by Gasteiger charge is 2.33. The second-order valence-corrected chi connectivity index (χ2v) is 5.39. The molecule has 1 aliphatic rings. The fraction of sp³-hybridized carbons (Fsp3) is 0.222. The summed E-state index contributed by atoms with van der Waals surface area (Å²) in [6, 6.07) is 13.6. The molecule has 1 atom stereocenters. The molecule has 3 rings (SSSR count). The first-order valence-electron chi connectivity index (χ1n) is 7.59. The number of nitrogens with zero attached hydrogens (tertiary/aromatic N) is 1. The average molecular weight is 326 g/mol. The maximum atomic E-state index is 12.6. The van der Waals surface area contributed by atoms with Crippen molar-refractivity contribution in [3.05, 3.63) is 48.5 Å². The zero-order chi connectivity index (χ0) is 17.1. The Morgan fingerprint density at radius 2 is 1.92 bits per heavy atom. The van der Waals surface area contributed by atoms with Gasteiger partial charge in [0.25, 0.3) is 5.91 Å². The first-order chi connectivity index (χ1) is 11.6. The van der Waals surface area contributed by atoms with Gasteiger partial charge >= 0.3 is 0 Å². The highest BCUT2D eigenvalue weighted by molar-refractivity contribution is 6.07. The molecule has 0 bridgehead atoms. The number of para-hydroxylation sites is 4. The Morgan fingerprint density at radius 1 is 1.21 bits per heavy atom. The molecule has 1 aliphatic heterocycles. The normalized spacial score (nSPS) is 14.4. The van der Waals surface area contributed by atoms with Crippen LogP contribution in [0.1, 0.15) is 6.92 Å². The number of nitrogens with one attached hydrogen (secondary N) is 1. The number of amides is 2. The van der Waals surface area contributed by atoms with Crippen LogP contribution in [0.15, 0.2) is 48.5 Å². The quantitative estimate of drug-likeness (QED) is 0.937. The van der Waals surface area contributed by atoms with Crippen molar-refractivity contribution in [2.45, 2.75) is 13.0 Å². The third-order valence-electron chi connectivity index (χ3n) is 3.88. The standard InChI is InChI=1S/C18H18N2O4/c1-12(18(22)19-13-7-3-5-9-15(13)23-2)20-14-8-4-6-10-16(14)24-11-17(20)21/h3-10,12H,11H2,1-2H3,(H,19,22). The van der Waals surface area contributed by atoms with Gasteiger partial charge in [-0.15, -0.1) is 0 Å². The Morgan fingerprint density at radius 3 is 2.71 bits per heavy atom. The van der Waals surface area contributed by atoms with E-state index >= 15 is 0 Å². The molecule has 0 aromatic heterocycles. The second-order valence-electron chi connectivity index (χ2n) is 5.39. The van der Waals surface area contributed by atoms with Crippen LogP contribution in [0.3, 0.4) is 0 Å². The summed E-state index contributed by atoms with van der Waals surface area (Å²) in [5.74, 6) is 0.599. The van der Waals surface area contributed by atoms with Gasteiger partial charge in [0.05, 0.1) is 18.5 Å². The zero-order valence-electron chi connectivity index (χ0n) is 13.5. The maximum absolute atomic E-state index is 12.6. The molecule has 0 spiro atoms. The van der Waals surface area contributed by atoms with Crippen molar-refractivity contribution in [3.63, 3.8) is 0 Å². The average Bonchev–Trinajstić information content (AvgIpc) is 2.61. The molecule has 0 saturated heterocycles. The minimum absolute atomic E-state index is 0.0801. The molecular weight excluding hydrogens is 308 g/mol. The van der Waals surface area contributed by atoms with Crippen molar-refractivity contribution in [1.82, 2.24) is 0 Å². The lowest BCUT2D eigenvalue weighted by atomic mass is 10.1. The first-order valence-corrected chi connectivity index (χ1v) is 7.59. The lowest BCUT2D eigenvalue weighted by Crippen LogP contribution is -2.49. The number of carbonyl (C=O) groups is 2. The third kappa shape index (κ3) is 2.90. The molecule has 0 aliphatic carbocycles. The minimum Gasteiger partial charge on any atom is -0.495 e. The van der Waals surface area contributed by atoms with Crippen LogP contribution in [-0.2, 0) is 9.59 Å². The number of hydrogen-bond acceptors (Lipinski definition) is 4. The summed E-state index contributed by atoms with van der Waals surface area (Å²) in [4.78, 5) is 26.4. The molecule has 2 aromatic carbocycles. The van der Waals surface area contributed by atoms with Crippen LogP contribution in [-0.4, -0.2) is 31.6 Å². The molecule has 6 heteroatoms. The van der Waals surface area contributed by atoms with Crippen LogP contribution in [0.2, 0.25) is 0 Å². The lowest BCUT2D eigenvalue weighted by molar-refractivity contribution is -0.125. The predicted molar refractivity (Wildman–Crippen MR) is 90.5 cm³/mol. The monoisotopic (exact) mass is 326 g/mol. The van der Waals surface area contributed by atoms with E-state index in [4.69, 9.17) is 9.47 Å². The Balaban J connectivity index is 1.84. The Labute approximate surface area is 140 Å². The van der Waals surface area contributed by atoms with Gasteiger partial charge in [0.1, 0.15) is 17.5 Å². The molecule has 6 nitrogen and oxygen atoms in total. The number of benzene rings is 2. The maximum Gasteiger partial charge on any atom is 0.265 e. The van der Waals surface area contributed by atoms with Gasteiger partial charge in [-0.3, -0.25) is 14.5 Å². The summed E-state index contributed by atoms with van der Waals surface area (Å²) in [5.41, 5.74) is 1.15. The van der Waals surface area contributed by atoms with Crippen molar-refractivity contribution in [2.24, 2.45) is 0 Å². The minimum atomic E-state index is -0.688. The predicted octanol–water partition coefficient (Wildman–Crippen LogP) is 2.45. The van der Waals surface area contributed by atoms with Gasteiger partial charge in [-0.05, 0) is 31.2 Å². The molecule has 1 N–H and O–H groups in total. The molecule has 2 amide bonds. The number of anilines is 2. The van der Waals surface area contributed by atoms with Crippen LogP contribution in [0, 0.1) is 0 Å². The van der Waals surface area contributed by atoms with Crippen LogP contribution >= 0.6 is 0 Å². The van der Waals surface area contributed by atoms with E-state index in [9.17, 15) is 9.59 Å². The van der Waals surface area contributed by atoms with E-state index in [1.165, 1.54) is 12.0 Å². The second kappa shape index (κ2) is 6.62. The molecule has 0 radical (unpaired) electrons. The number of ether oxygens (including phenoxy) is 2. The summed E-state index contributed by atoms with van der Waals surface area (Å²) in [7, 11) is 1.54. The Kier molecular flexibility index (Phi) is 4.37. The molecule has 0 saturated carbocycles. The van der Waals surface area contributed by atoms with Crippen molar-refractivity contribution in [3.8, 4) is 11.5 Å². The largest absolute Gasteiger partial charge is 0.495 e. The molecular formula is C18H18N2O4. The van der Waals surface area contributed by atoms with Crippen LogP contribution in [0.5, 0.6) is 11.5 Å². The molecule has 1 unspecified atom stereocenters.